The van der Waals surface area contributed by atoms with Crippen LogP contribution in [0.4, 0.5) is 4.79 Å². The van der Waals surface area contributed by atoms with Crippen LogP contribution in [0.2, 0.25) is 0 Å². The van der Waals surface area contributed by atoms with E-state index in [2.05, 4.69) is 4.90 Å². The van der Waals surface area contributed by atoms with Gasteiger partial charge in [0.1, 0.15) is 22.8 Å². The molecule has 2 aliphatic rings. The van der Waals surface area contributed by atoms with Crippen molar-refractivity contribution in [1.29, 1.82) is 0 Å². The minimum Gasteiger partial charge on any atom is -0.497 e. The van der Waals surface area contributed by atoms with Gasteiger partial charge in [-0.2, -0.15) is 0 Å². The molecular formula is C27H35N3O6. The Labute approximate surface area is 212 Å². The maximum absolute atomic E-state index is 13.8. The number of rotatable bonds is 10. The third-order valence-corrected chi connectivity index (χ3v) is 7.18. The van der Waals surface area contributed by atoms with E-state index in [-0.39, 0.29) is 18.5 Å². The van der Waals surface area contributed by atoms with Gasteiger partial charge in [-0.3, -0.25) is 14.6 Å². The zero-order valence-corrected chi connectivity index (χ0v) is 21.5. The minimum atomic E-state index is -0.858. The summed E-state index contributed by atoms with van der Waals surface area (Å²) in [5.41, 5.74) is 1.02. The number of methoxy groups -OCH3 is 4. The number of carbonyl (C=O) groups excluding carboxylic acids is 2. The average Bonchev–Trinajstić information content (AvgIpc) is 3.09. The number of piperidine rings is 1. The fourth-order valence-corrected chi connectivity index (χ4v) is 5.18. The molecule has 0 aliphatic carbocycles. The van der Waals surface area contributed by atoms with E-state index in [9.17, 15) is 9.59 Å². The van der Waals surface area contributed by atoms with Gasteiger partial charge >= 0.3 is 6.03 Å². The molecule has 36 heavy (non-hydrogen) atoms. The summed E-state index contributed by atoms with van der Waals surface area (Å²) >= 11 is 0. The first kappa shape index (κ1) is 25.8. The first-order valence-electron chi connectivity index (χ1n) is 12.1. The second-order valence-corrected chi connectivity index (χ2v) is 9.16. The van der Waals surface area contributed by atoms with Gasteiger partial charge in [-0.1, -0.05) is 12.1 Å². The van der Waals surface area contributed by atoms with Crippen LogP contribution >= 0.6 is 0 Å². The number of benzene rings is 2. The van der Waals surface area contributed by atoms with Gasteiger partial charge < -0.3 is 23.8 Å². The van der Waals surface area contributed by atoms with Crippen LogP contribution in [0, 0.1) is 0 Å². The first-order valence-corrected chi connectivity index (χ1v) is 12.1. The second-order valence-electron chi connectivity index (χ2n) is 9.16. The van der Waals surface area contributed by atoms with Crippen molar-refractivity contribution in [3.63, 3.8) is 0 Å². The molecule has 0 radical (unpaired) electrons. The van der Waals surface area contributed by atoms with Crippen molar-refractivity contribution in [3.8, 4) is 17.2 Å². The van der Waals surface area contributed by atoms with Crippen LogP contribution in [-0.2, 0) is 22.6 Å². The SMILES string of the molecule is COCCN1C(=O)N(Cc2cccc(OC)c2)C(=O)C12CCN(Cc1cc(OC)ccc1OC)CC2. The summed E-state index contributed by atoms with van der Waals surface area (Å²) in [6, 6.07) is 13.0. The van der Waals surface area contributed by atoms with Gasteiger partial charge in [0.25, 0.3) is 5.91 Å². The largest absolute Gasteiger partial charge is 0.497 e. The summed E-state index contributed by atoms with van der Waals surface area (Å²) in [6.07, 6.45) is 1.12. The number of urea groups is 1. The maximum atomic E-state index is 13.8. The Bertz CT molecular complexity index is 1080. The Hall–Kier alpha value is -3.30. The molecule has 2 aromatic rings. The van der Waals surface area contributed by atoms with E-state index in [0.29, 0.717) is 51.4 Å². The molecule has 0 saturated carbocycles. The molecule has 3 amide bonds. The van der Waals surface area contributed by atoms with Gasteiger partial charge in [-0.25, -0.2) is 4.79 Å². The molecule has 194 valence electrons. The van der Waals surface area contributed by atoms with Crippen LogP contribution in [0.3, 0.4) is 0 Å². The minimum absolute atomic E-state index is 0.134. The molecule has 0 atom stereocenters. The molecular weight excluding hydrogens is 462 g/mol. The molecule has 2 aromatic carbocycles. The second kappa shape index (κ2) is 11.2. The summed E-state index contributed by atoms with van der Waals surface area (Å²) in [6.45, 7) is 2.98. The van der Waals surface area contributed by atoms with E-state index in [0.717, 1.165) is 22.6 Å². The van der Waals surface area contributed by atoms with E-state index >= 15 is 0 Å². The number of hydrogen-bond acceptors (Lipinski definition) is 7. The van der Waals surface area contributed by atoms with Crippen LogP contribution in [-0.4, -0.2) is 86.9 Å². The van der Waals surface area contributed by atoms with Crippen LogP contribution in [0.1, 0.15) is 24.0 Å². The molecule has 9 nitrogen and oxygen atoms in total. The van der Waals surface area contributed by atoms with Crippen molar-refractivity contribution in [1.82, 2.24) is 14.7 Å². The predicted octanol–water partition coefficient (Wildman–Crippen LogP) is 3.16. The quantitative estimate of drug-likeness (QED) is 0.467. The lowest BCUT2D eigenvalue weighted by Crippen LogP contribution is -2.57. The van der Waals surface area contributed by atoms with Crippen molar-refractivity contribution in [2.45, 2.75) is 31.5 Å². The van der Waals surface area contributed by atoms with Gasteiger partial charge in [-0.15, -0.1) is 0 Å². The van der Waals surface area contributed by atoms with Gasteiger partial charge in [0.15, 0.2) is 0 Å². The van der Waals surface area contributed by atoms with Crippen molar-refractivity contribution >= 4 is 11.9 Å². The Kier molecular flexibility index (Phi) is 8.01. The Morgan fingerprint density at radius 1 is 0.861 bits per heavy atom. The van der Waals surface area contributed by atoms with Crippen LogP contribution in [0.5, 0.6) is 17.2 Å². The van der Waals surface area contributed by atoms with Crippen molar-refractivity contribution < 1.29 is 28.5 Å². The Morgan fingerprint density at radius 2 is 1.58 bits per heavy atom. The average molecular weight is 498 g/mol. The monoisotopic (exact) mass is 497 g/mol. The molecule has 2 aliphatic heterocycles. The topological polar surface area (TPSA) is 80.8 Å². The molecule has 1 spiro atoms. The lowest BCUT2D eigenvalue weighted by Gasteiger charge is -2.42. The molecule has 2 saturated heterocycles. The fraction of sp³-hybridized carbons (Fsp3) is 0.481. The molecule has 2 fully saturated rings. The highest BCUT2D eigenvalue weighted by atomic mass is 16.5. The van der Waals surface area contributed by atoms with E-state index in [1.54, 1.807) is 33.3 Å². The molecule has 4 rings (SSSR count). The number of amides is 3. The Balaban J connectivity index is 1.52. The smallest absolute Gasteiger partial charge is 0.328 e. The van der Waals surface area contributed by atoms with Crippen LogP contribution < -0.4 is 14.2 Å². The normalized spacial score (nSPS) is 17.7. The number of imide groups is 1. The van der Waals surface area contributed by atoms with E-state index in [4.69, 9.17) is 18.9 Å². The number of nitrogens with zero attached hydrogens (tertiary/aromatic N) is 3. The maximum Gasteiger partial charge on any atom is 0.328 e. The molecule has 0 aromatic heterocycles. The zero-order valence-electron chi connectivity index (χ0n) is 21.5. The number of hydrogen-bond donors (Lipinski definition) is 0. The molecule has 0 N–H and O–H groups in total. The van der Waals surface area contributed by atoms with Crippen molar-refractivity contribution in [2.24, 2.45) is 0 Å². The standard InChI is InChI=1S/C27H35N3O6/c1-33-15-14-30-26(32)29(18-20-6-5-7-22(16-20)34-2)25(31)27(30)10-12-28(13-11-27)19-21-17-23(35-3)8-9-24(21)36-4/h5-9,16-17H,10-15,18-19H2,1-4H3. The van der Waals surface area contributed by atoms with Crippen LogP contribution in [0.25, 0.3) is 0 Å². The van der Waals surface area contributed by atoms with Gasteiger partial charge in [0.2, 0.25) is 0 Å². The highest BCUT2D eigenvalue weighted by Crippen LogP contribution is 2.39. The van der Waals surface area contributed by atoms with Gasteiger partial charge in [0.05, 0.1) is 34.5 Å². The molecule has 0 bridgehead atoms. The summed E-state index contributed by atoms with van der Waals surface area (Å²) in [5, 5.41) is 0. The lowest BCUT2D eigenvalue weighted by molar-refractivity contribution is -0.136. The fourth-order valence-electron chi connectivity index (χ4n) is 5.18. The van der Waals surface area contributed by atoms with E-state index in [1.807, 2.05) is 42.5 Å². The van der Waals surface area contributed by atoms with Gasteiger partial charge in [0, 0.05) is 38.9 Å². The molecule has 2 heterocycles. The number of likely N-dealkylation sites (tertiary alicyclic amines) is 1. The molecule has 9 heteroatoms. The van der Waals surface area contributed by atoms with Gasteiger partial charge in [-0.05, 0) is 48.7 Å². The lowest BCUT2D eigenvalue weighted by atomic mass is 9.85. The highest BCUT2D eigenvalue weighted by molar-refractivity contribution is 6.07. The highest BCUT2D eigenvalue weighted by Gasteiger charge is 2.57. The Morgan fingerprint density at radius 3 is 2.25 bits per heavy atom. The van der Waals surface area contributed by atoms with E-state index < -0.39 is 5.54 Å². The van der Waals surface area contributed by atoms with E-state index in [1.165, 1.54) is 4.90 Å². The summed E-state index contributed by atoms with van der Waals surface area (Å²) < 4.78 is 21.5. The van der Waals surface area contributed by atoms with Crippen molar-refractivity contribution in [3.05, 3.63) is 53.6 Å². The summed E-state index contributed by atoms with van der Waals surface area (Å²) in [5.74, 6) is 2.13. The van der Waals surface area contributed by atoms with Crippen LogP contribution in [0.15, 0.2) is 42.5 Å². The summed E-state index contributed by atoms with van der Waals surface area (Å²) in [7, 11) is 6.50. The van der Waals surface area contributed by atoms with Crippen molar-refractivity contribution in [2.75, 3.05) is 54.7 Å². The predicted molar refractivity (Wildman–Crippen MR) is 134 cm³/mol. The first-order chi connectivity index (χ1) is 17.4. The molecule has 0 unspecified atom stereocenters. The third kappa shape index (κ3) is 4.99. The third-order valence-electron chi connectivity index (χ3n) is 7.18. The zero-order chi connectivity index (χ0) is 25.7. The number of carbonyl (C=O) groups is 2. The summed E-state index contributed by atoms with van der Waals surface area (Å²) in [4.78, 5) is 32.7. The number of ether oxygens (including phenoxy) is 4.